The smallest absolute Gasteiger partial charge is 0.244 e. The number of aromatic amines is 1. The summed E-state index contributed by atoms with van der Waals surface area (Å²) in [6.07, 6.45) is 0. The fourth-order valence-electron chi connectivity index (χ4n) is 2.47. The highest BCUT2D eigenvalue weighted by Gasteiger charge is 2.31. The van der Waals surface area contributed by atoms with Crippen LogP contribution in [0.1, 0.15) is 23.0 Å². The number of H-pyrrole nitrogens is 1. The molecule has 1 aliphatic heterocycles. The maximum atomic E-state index is 12.6. The van der Waals surface area contributed by atoms with E-state index in [0.29, 0.717) is 17.1 Å². The van der Waals surface area contributed by atoms with E-state index in [0.717, 1.165) is 5.56 Å². The lowest BCUT2D eigenvalue weighted by Gasteiger charge is -2.12. The summed E-state index contributed by atoms with van der Waals surface area (Å²) in [5, 5.41) is 6.58. The number of hydrogen-bond acceptors (Lipinski definition) is 5. The van der Waals surface area contributed by atoms with Crippen LogP contribution in [-0.2, 0) is 16.6 Å². The van der Waals surface area contributed by atoms with Crippen LogP contribution in [0.15, 0.2) is 29.2 Å². The maximum Gasteiger partial charge on any atom is 0.244 e. The second-order valence-corrected chi connectivity index (χ2v) is 6.50. The number of rotatable bonds is 4. The first-order chi connectivity index (χ1) is 10.0. The van der Waals surface area contributed by atoms with Crippen LogP contribution < -0.4 is 15.2 Å². The fraction of sp³-hybridized carbons (Fsp3) is 0.308. The maximum absolute atomic E-state index is 12.6. The standard InChI is InChI=1S/C13H16N4O3S/c1-8-13(10(6-14)16-15-8)21(18,19)17-11-7-20-12-5-3-2-4-9(11)12/h2-5,11,17H,6-7,14H2,1H3,(H,15,16). The number of sulfonamides is 1. The lowest BCUT2D eigenvalue weighted by molar-refractivity contribution is 0.325. The Morgan fingerprint density at radius 1 is 1.48 bits per heavy atom. The van der Waals surface area contributed by atoms with Crippen LogP contribution in [0.5, 0.6) is 5.75 Å². The molecule has 0 saturated carbocycles. The molecule has 0 fully saturated rings. The van der Waals surface area contributed by atoms with Crippen molar-refractivity contribution in [2.75, 3.05) is 6.61 Å². The third-order valence-corrected chi connectivity index (χ3v) is 5.09. The molecule has 3 rings (SSSR count). The fourth-order valence-corrected chi connectivity index (χ4v) is 4.05. The van der Waals surface area contributed by atoms with Crippen molar-refractivity contribution in [1.82, 2.24) is 14.9 Å². The lowest BCUT2D eigenvalue weighted by atomic mass is 10.1. The summed E-state index contributed by atoms with van der Waals surface area (Å²) in [5.41, 5.74) is 7.17. The number of aromatic nitrogens is 2. The van der Waals surface area contributed by atoms with Crippen LogP contribution in [0.2, 0.25) is 0 Å². The molecule has 0 saturated heterocycles. The predicted octanol–water partition coefficient (Wildman–Crippen LogP) is 0.589. The summed E-state index contributed by atoms with van der Waals surface area (Å²) in [7, 11) is -3.72. The van der Waals surface area contributed by atoms with E-state index in [2.05, 4.69) is 14.9 Å². The summed E-state index contributed by atoms with van der Waals surface area (Å²) in [5.74, 6) is 0.702. The molecule has 0 bridgehead atoms. The van der Waals surface area contributed by atoms with Gasteiger partial charge in [-0.1, -0.05) is 18.2 Å². The van der Waals surface area contributed by atoms with Crippen molar-refractivity contribution in [3.05, 3.63) is 41.2 Å². The molecule has 1 aliphatic rings. The van der Waals surface area contributed by atoms with Gasteiger partial charge in [0.15, 0.2) is 0 Å². The Balaban J connectivity index is 1.93. The SMILES string of the molecule is Cc1[nH]nc(CN)c1S(=O)(=O)NC1COc2ccccc21. The molecule has 0 aliphatic carbocycles. The third kappa shape index (κ3) is 2.41. The van der Waals surface area contributed by atoms with Gasteiger partial charge in [-0.15, -0.1) is 0 Å². The highest BCUT2D eigenvalue weighted by molar-refractivity contribution is 7.89. The second-order valence-electron chi connectivity index (χ2n) is 4.85. The summed E-state index contributed by atoms with van der Waals surface area (Å²) < 4.78 is 33.3. The molecule has 2 aromatic rings. The largest absolute Gasteiger partial charge is 0.491 e. The van der Waals surface area contributed by atoms with Crippen molar-refractivity contribution in [2.45, 2.75) is 24.4 Å². The average Bonchev–Trinajstić information content (AvgIpc) is 3.03. The molecule has 7 nitrogen and oxygen atoms in total. The molecule has 21 heavy (non-hydrogen) atoms. The summed E-state index contributed by atoms with van der Waals surface area (Å²) in [4.78, 5) is 0.120. The van der Waals surface area contributed by atoms with E-state index in [9.17, 15) is 8.42 Å². The summed E-state index contributed by atoms with van der Waals surface area (Å²) in [6.45, 7) is 1.98. The molecule has 112 valence electrons. The average molecular weight is 308 g/mol. The first-order valence-corrected chi connectivity index (χ1v) is 7.99. The highest BCUT2D eigenvalue weighted by Crippen LogP contribution is 2.33. The summed E-state index contributed by atoms with van der Waals surface area (Å²) in [6, 6.07) is 6.96. The number of para-hydroxylation sites is 1. The minimum absolute atomic E-state index is 0.0539. The molecule has 2 heterocycles. The number of aryl methyl sites for hydroxylation is 1. The van der Waals surface area contributed by atoms with Crippen LogP contribution in [0, 0.1) is 6.92 Å². The van der Waals surface area contributed by atoms with E-state index >= 15 is 0 Å². The van der Waals surface area contributed by atoms with E-state index in [-0.39, 0.29) is 18.0 Å². The van der Waals surface area contributed by atoms with Crippen LogP contribution in [0.4, 0.5) is 0 Å². The van der Waals surface area contributed by atoms with E-state index in [1.54, 1.807) is 6.92 Å². The number of ether oxygens (including phenoxy) is 1. The van der Waals surface area contributed by atoms with Crippen molar-refractivity contribution in [3.8, 4) is 5.75 Å². The van der Waals surface area contributed by atoms with Gasteiger partial charge in [0, 0.05) is 12.1 Å². The molecular weight excluding hydrogens is 292 g/mol. The van der Waals surface area contributed by atoms with Gasteiger partial charge >= 0.3 is 0 Å². The molecule has 1 atom stereocenters. The quantitative estimate of drug-likeness (QED) is 0.765. The van der Waals surface area contributed by atoms with E-state index in [4.69, 9.17) is 10.5 Å². The van der Waals surface area contributed by atoms with Crippen molar-refractivity contribution in [1.29, 1.82) is 0 Å². The van der Waals surface area contributed by atoms with Gasteiger partial charge in [0.1, 0.15) is 17.3 Å². The lowest BCUT2D eigenvalue weighted by Crippen LogP contribution is -2.30. The molecule has 1 aromatic heterocycles. The molecule has 1 aromatic carbocycles. The number of nitrogens with two attached hydrogens (primary N) is 1. The molecule has 4 N–H and O–H groups in total. The Labute approximate surface area is 122 Å². The number of fused-ring (bicyclic) bond motifs is 1. The second kappa shape index (κ2) is 5.14. The Morgan fingerprint density at radius 2 is 2.24 bits per heavy atom. The van der Waals surface area contributed by atoms with Crippen molar-refractivity contribution in [3.63, 3.8) is 0 Å². The van der Waals surface area contributed by atoms with Gasteiger partial charge in [0.05, 0.1) is 17.4 Å². The molecular formula is C13H16N4O3S. The van der Waals surface area contributed by atoms with Crippen LogP contribution in [-0.4, -0.2) is 25.2 Å². The third-order valence-electron chi connectivity index (χ3n) is 3.42. The monoisotopic (exact) mass is 308 g/mol. The minimum Gasteiger partial charge on any atom is -0.491 e. The van der Waals surface area contributed by atoms with Gasteiger partial charge in [-0.3, -0.25) is 5.10 Å². The van der Waals surface area contributed by atoms with Gasteiger partial charge in [0.2, 0.25) is 10.0 Å². The van der Waals surface area contributed by atoms with Gasteiger partial charge in [-0.25, -0.2) is 8.42 Å². The van der Waals surface area contributed by atoms with E-state index in [1.165, 1.54) is 0 Å². The van der Waals surface area contributed by atoms with Gasteiger partial charge in [-0.2, -0.15) is 9.82 Å². The zero-order chi connectivity index (χ0) is 15.0. The Bertz CT molecular complexity index is 769. The van der Waals surface area contributed by atoms with Crippen LogP contribution in [0.3, 0.4) is 0 Å². The molecule has 0 amide bonds. The van der Waals surface area contributed by atoms with Crippen LogP contribution in [0.25, 0.3) is 0 Å². The van der Waals surface area contributed by atoms with E-state index < -0.39 is 16.1 Å². The minimum atomic E-state index is -3.72. The Kier molecular flexibility index (Phi) is 3.44. The predicted molar refractivity (Wildman–Crippen MR) is 76.2 cm³/mol. The zero-order valence-electron chi connectivity index (χ0n) is 11.5. The molecule has 8 heteroatoms. The number of hydrogen-bond donors (Lipinski definition) is 3. The zero-order valence-corrected chi connectivity index (χ0v) is 12.3. The molecule has 0 radical (unpaired) electrons. The highest BCUT2D eigenvalue weighted by atomic mass is 32.2. The van der Waals surface area contributed by atoms with Gasteiger partial charge in [-0.05, 0) is 13.0 Å². The van der Waals surface area contributed by atoms with Gasteiger partial charge in [0.25, 0.3) is 0 Å². The van der Waals surface area contributed by atoms with Gasteiger partial charge < -0.3 is 10.5 Å². The number of nitrogens with zero attached hydrogens (tertiary/aromatic N) is 1. The number of benzene rings is 1. The van der Waals surface area contributed by atoms with Crippen molar-refractivity contribution < 1.29 is 13.2 Å². The Morgan fingerprint density at radius 3 is 3.00 bits per heavy atom. The summed E-state index contributed by atoms with van der Waals surface area (Å²) >= 11 is 0. The first-order valence-electron chi connectivity index (χ1n) is 6.51. The first kappa shape index (κ1) is 14.1. The molecule has 1 unspecified atom stereocenters. The Hall–Kier alpha value is -1.90. The van der Waals surface area contributed by atoms with Crippen molar-refractivity contribution >= 4 is 10.0 Å². The van der Waals surface area contributed by atoms with E-state index in [1.807, 2.05) is 24.3 Å². The topological polar surface area (TPSA) is 110 Å². The van der Waals surface area contributed by atoms with Crippen molar-refractivity contribution in [2.24, 2.45) is 5.73 Å². The molecule has 0 spiro atoms. The number of nitrogens with one attached hydrogen (secondary N) is 2. The van der Waals surface area contributed by atoms with Crippen LogP contribution >= 0.6 is 0 Å². The normalized spacial score (nSPS) is 17.5.